The normalized spacial score (nSPS) is 14.1. The van der Waals surface area contributed by atoms with Gasteiger partial charge in [-0.1, -0.05) is 17.2 Å². The third kappa shape index (κ3) is 1.46. The van der Waals surface area contributed by atoms with Gasteiger partial charge in [-0.25, -0.2) is 4.79 Å². The van der Waals surface area contributed by atoms with E-state index in [1.165, 1.54) is 12.1 Å². The molecule has 5 nitrogen and oxygen atoms in total. The van der Waals surface area contributed by atoms with Crippen molar-refractivity contribution in [2.45, 2.75) is 0 Å². The molecule has 2 amide bonds. The molecule has 1 heterocycles. The number of carbonyl (C=O) groups is 3. The predicted octanol–water partition coefficient (Wildman–Crippen LogP) is 1.57. The summed E-state index contributed by atoms with van der Waals surface area (Å²) in [7, 11) is 0. The van der Waals surface area contributed by atoms with Gasteiger partial charge in [0.05, 0.1) is 11.1 Å². The van der Waals surface area contributed by atoms with Crippen LogP contribution in [-0.4, -0.2) is 22.3 Å². The van der Waals surface area contributed by atoms with Gasteiger partial charge in [0.2, 0.25) is 0 Å². The number of amides is 2. The number of benzene rings is 1. The monoisotopic (exact) mass is 225 g/mol. The number of fused-ring (bicyclic) bond motifs is 1. The lowest BCUT2D eigenvalue weighted by atomic mass is 10.1. The van der Waals surface area contributed by atoms with E-state index in [0.29, 0.717) is 5.06 Å². The van der Waals surface area contributed by atoms with Crippen LogP contribution < -0.4 is 0 Å². The minimum Gasteiger partial charge on any atom is -0.314 e. The van der Waals surface area contributed by atoms with Gasteiger partial charge < -0.3 is 4.84 Å². The van der Waals surface area contributed by atoms with E-state index < -0.39 is 17.2 Å². The van der Waals surface area contributed by atoms with Crippen molar-refractivity contribution in [3.63, 3.8) is 0 Å². The molecular formula is C9H4ClNO4. The molecular weight excluding hydrogens is 222 g/mol. The molecule has 0 unspecified atom stereocenters. The molecule has 0 fully saturated rings. The van der Waals surface area contributed by atoms with Crippen molar-refractivity contribution in [3.05, 3.63) is 35.4 Å². The highest BCUT2D eigenvalue weighted by molar-refractivity contribution is 6.61. The molecule has 0 spiro atoms. The second-order valence-corrected chi connectivity index (χ2v) is 3.09. The smallest absolute Gasteiger partial charge is 0.314 e. The molecule has 0 N–H and O–H groups in total. The first-order valence-corrected chi connectivity index (χ1v) is 4.34. The Kier molecular flexibility index (Phi) is 2.17. The summed E-state index contributed by atoms with van der Waals surface area (Å²) in [6, 6.07) is 6.15. The van der Waals surface area contributed by atoms with E-state index in [9.17, 15) is 14.4 Å². The standard InChI is InChI=1S/C9H4ClNO4/c10-9(14)15-11-7(12)5-3-1-2-4-6(5)8(11)13/h1-4H. The molecule has 15 heavy (non-hydrogen) atoms. The molecule has 0 aliphatic carbocycles. The van der Waals surface area contributed by atoms with Crippen LogP contribution in [0.3, 0.4) is 0 Å². The van der Waals surface area contributed by atoms with Gasteiger partial charge in [0.15, 0.2) is 0 Å². The Morgan fingerprint density at radius 1 is 1.13 bits per heavy atom. The molecule has 0 atom stereocenters. The topological polar surface area (TPSA) is 63.7 Å². The first-order chi connectivity index (χ1) is 7.11. The lowest BCUT2D eigenvalue weighted by molar-refractivity contribution is -0.0355. The SMILES string of the molecule is O=C(Cl)ON1C(=O)c2ccccc2C1=O. The van der Waals surface area contributed by atoms with Crippen molar-refractivity contribution in [1.29, 1.82) is 0 Å². The van der Waals surface area contributed by atoms with Gasteiger partial charge in [-0.15, -0.1) is 0 Å². The highest BCUT2D eigenvalue weighted by Gasteiger charge is 2.38. The summed E-state index contributed by atoms with van der Waals surface area (Å²) in [5.41, 5.74) is -0.842. The summed E-state index contributed by atoms with van der Waals surface area (Å²) in [5.74, 6) is -1.38. The van der Waals surface area contributed by atoms with E-state index >= 15 is 0 Å². The second kappa shape index (κ2) is 3.36. The van der Waals surface area contributed by atoms with Gasteiger partial charge >= 0.3 is 5.43 Å². The van der Waals surface area contributed by atoms with Crippen molar-refractivity contribution in [1.82, 2.24) is 5.06 Å². The van der Waals surface area contributed by atoms with Crippen molar-refractivity contribution in [2.24, 2.45) is 0 Å². The van der Waals surface area contributed by atoms with Crippen LogP contribution in [0, 0.1) is 0 Å². The predicted molar refractivity (Wildman–Crippen MR) is 49.3 cm³/mol. The highest BCUT2D eigenvalue weighted by atomic mass is 35.5. The minimum absolute atomic E-state index is 0.195. The molecule has 0 saturated carbocycles. The Hall–Kier alpha value is -1.88. The molecule has 1 aromatic rings. The second-order valence-electron chi connectivity index (χ2n) is 2.78. The van der Waals surface area contributed by atoms with E-state index in [1.54, 1.807) is 12.1 Å². The van der Waals surface area contributed by atoms with Crippen LogP contribution in [-0.2, 0) is 4.84 Å². The van der Waals surface area contributed by atoms with Crippen LogP contribution in [0.15, 0.2) is 24.3 Å². The number of nitrogens with zero attached hydrogens (tertiary/aromatic N) is 1. The van der Waals surface area contributed by atoms with E-state index in [1.807, 2.05) is 0 Å². The van der Waals surface area contributed by atoms with Crippen LogP contribution in [0.2, 0.25) is 0 Å². The molecule has 1 aliphatic heterocycles. The van der Waals surface area contributed by atoms with Crippen LogP contribution in [0.4, 0.5) is 4.79 Å². The van der Waals surface area contributed by atoms with E-state index in [0.717, 1.165) is 0 Å². The summed E-state index contributed by atoms with van der Waals surface area (Å²) in [4.78, 5) is 37.7. The van der Waals surface area contributed by atoms with Gasteiger partial charge in [-0.05, 0) is 12.1 Å². The largest absolute Gasteiger partial charge is 0.428 e. The average molecular weight is 226 g/mol. The zero-order chi connectivity index (χ0) is 11.0. The number of halogens is 1. The number of hydrogen-bond donors (Lipinski definition) is 0. The first-order valence-electron chi connectivity index (χ1n) is 3.96. The van der Waals surface area contributed by atoms with Crippen molar-refractivity contribution in [2.75, 3.05) is 0 Å². The molecule has 0 aromatic heterocycles. The maximum Gasteiger partial charge on any atom is 0.428 e. The lowest BCUT2D eigenvalue weighted by Gasteiger charge is -2.08. The van der Waals surface area contributed by atoms with Crippen LogP contribution >= 0.6 is 11.6 Å². The van der Waals surface area contributed by atoms with E-state index in [2.05, 4.69) is 4.84 Å². The first kappa shape index (κ1) is 9.67. The molecule has 1 aromatic carbocycles. The number of hydroxylamine groups is 2. The zero-order valence-corrected chi connectivity index (χ0v) is 8.02. The molecule has 76 valence electrons. The van der Waals surface area contributed by atoms with Crippen molar-refractivity contribution in [3.8, 4) is 0 Å². The minimum atomic E-state index is -1.23. The Bertz CT molecular complexity index is 436. The fourth-order valence-electron chi connectivity index (χ4n) is 1.32. The summed E-state index contributed by atoms with van der Waals surface area (Å²) >= 11 is 4.92. The van der Waals surface area contributed by atoms with Gasteiger partial charge in [0.25, 0.3) is 11.8 Å². The summed E-state index contributed by atoms with van der Waals surface area (Å²) in [6.45, 7) is 0. The van der Waals surface area contributed by atoms with Crippen molar-refractivity contribution >= 4 is 28.8 Å². The molecule has 6 heteroatoms. The van der Waals surface area contributed by atoms with Gasteiger partial charge in [0.1, 0.15) is 0 Å². The van der Waals surface area contributed by atoms with Gasteiger partial charge in [0, 0.05) is 11.6 Å². The number of imide groups is 1. The molecule has 0 saturated heterocycles. The number of rotatable bonds is 1. The molecule has 2 rings (SSSR count). The van der Waals surface area contributed by atoms with Crippen molar-refractivity contribution < 1.29 is 19.2 Å². The lowest BCUT2D eigenvalue weighted by Crippen LogP contribution is -2.30. The third-order valence-corrected chi connectivity index (χ3v) is 1.99. The third-order valence-electron chi connectivity index (χ3n) is 1.92. The van der Waals surface area contributed by atoms with Crippen LogP contribution in [0.1, 0.15) is 20.7 Å². The summed E-state index contributed by atoms with van der Waals surface area (Å²) in [6.07, 6.45) is 0. The molecule has 1 aliphatic rings. The zero-order valence-electron chi connectivity index (χ0n) is 7.27. The number of carbonyl (C=O) groups excluding carboxylic acids is 3. The van der Waals surface area contributed by atoms with E-state index in [-0.39, 0.29) is 11.1 Å². The Morgan fingerprint density at radius 3 is 2.00 bits per heavy atom. The molecule has 0 bridgehead atoms. The Balaban J connectivity index is 2.41. The average Bonchev–Trinajstić information content (AvgIpc) is 2.44. The highest BCUT2D eigenvalue weighted by Crippen LogP contribution is 2.22. The fraction of sp³-hybridized carbons (Fsp3) is 0. The fourth-order valence-corrected chi connectivity index (χ4v) is 1.39. The van der Waals surface area contributed by atoms with Gasteiger partial charge in [-0.2, -0.15) is 0 Å². The quantitative estimate of drug-likeness (QED) is 0.538. The summed E-state index contributed by atoms with van der Waals surface area (Å²) < 4.78 is 0. The Labute approximate surface area is 89.1 Å². The number of hydrogen-bond acceptors (Lipinski definition) is 4. The summed E-state index contributed by atoms with van der Waals surface area (Å²) in [5, 5.41) is 0.347. The van der Waals surface area contributed by atoms with Gasteiger partial charge in [-0.3, -0.25) is 9.59 Å². The van der Waals surface area contributed by atoms with E-state index in [4.69, 9.17) is 11.6 Å². The Morgan fingerprint density at radius 2 is 1.60 bits per heavy atom. The maximum atomic E-state index is 11.5. The molecule has 0 radical (unpaired) electrons. The maximum absolute atomic E-state index is 11.5. The van der Waals surface area contributed by atoms with Crippen LogP contribution in [0.5, 0.6) is 0 Å². The van der Waals surface area contributed by atoms with Crippen LogP contribution in [0.25, 0.3) is 0 Å².